The SMILES string of the molecule is CC(=O)C(=O)NCCC[C@H](NC(=O)[C@H](C)N(C)C)C(=O)N1CCC[C@H]1CN(CCc1ccccc1)S(=O)(=O)c1ccc(F)cc1.CNCCC[C@H](NC(=O)[C@H](C)N(C)C)C(=O)N1CCC[C@H]1CN(CCc1ccccc1)S(=O)(=O)c1ccc(F)cc1.CNCCC[C@H](NC(=O)[C@H](C)N(C)C)C(=O)N1CCC[C@H]1CN(CCc1ccccc1)S(=O)(=O)c1ccc(F)cc1. The smallest absolute Gasteiger partial charge is 0.287 e. The number of carbonyl (C=O) groups is 8. The Morgan fingerprint density at radius 2 is 0.638 bits per heavy atom. The molecule has 3 aliphatic rings. The zero-order valence-corrected chi connectivity index (χ0v) is 77.9. The molecule has 6 aromatic carbocycles. The number of hydrogen-bond donors (Lipinski definition) is 6. The van der Waals surface area contributed by atoms with Crippen LogP contribution in [0.3, 0.4) is 0 Å². The van der Waals surface area contributed by atoms with Crippen molar-refractivity contribution >= 4 is 77.2 Å². The van der Waals surface area contributed by atoms with Gasteiger partial charge in [-0.05, 0) is 276 Å². The molecule has 0 saturated carbocycles. The highest BCUT2D eigenvalue weighted by atomic mass is 32.2. The number of sulfonamides is 3. The van der Waals surface area contributed by atoms with Crippen molar-refractivity contribution in [1.82, 2.24) is 74.2 Å². The molecule has 3 heterocycles. The van der Waals surface area contributed by atoms with Crippen molar-refractivity contribution in [3.8, 4) is 0 Å². The summed E-state index contributed by atoms with van der Waals surface area (Å²) in [6, 6.07) is 38.2. The van der Waals surface area contributed by atoms with Gasteiger partial charge in [0, 0.05) is 90.5 Å². The third kappa shape index (κ3) is 32.0. The van der Waals surface area contributed by atoms with Gasteiger partial charge in [-0.15, -0.1) is 0 Å². The van der Waals surface area contributed by atoms with Gasteiger partial charge in [0.1, 0.15) is 35.6 Å². The molecule has 698 valence electrons. The zero-order chi connectivity index (χ0) is 93.1. The van der Waals surface area contributed by atoms with Gasteiger partial charge in [0.15, 0.2) is 0 Å². The van der Waals surface area contributed by atoms with Crippen molar-refractivity contribution < 1.29 is 76.8 Å². The number of ketones is 1. The maximum Gasteiger partial charge on any atom is 0.287 e. The van der Waals surface area contributed by atoms with Crippen LogP contribution in [0.5, 0.6) is 0 Å². The average molecular weight is 1830 g/mol. The quantitative estimate of drug-likeness (QED) is 0.0166. The number of likely N-dealkylation sites (tertiary alicyclic amines) is 3. The molecule has 0 aromatic heterocycles. The highest BCUT2D eigenvalue weighted by molar-refractivity contribution is 7.89. The molecule has 9 rings (SSSR count). The van der Waals surface area contributed by atoms with Gasteiger partial charge in [0.2, 0.25) is 71.3 Å². The Kier molecular flexibility index (Phi) is 42.6. The van der Waals surface area contributed by atoms with E-state index in [4.69, 9.17) is 0 Å². The lowest BCUT2D eigenvalue weighted by Gasteiger charge is -2.33. The normalized spacial score (nSPS) is 16.9. The summed E-state index contributed by atoms with van der Waals surface area (Å²) in [5.74, 6) is -4.42. The van der Waals surface area contributed by atoms with Crippen LogP contribution in [0.15, 0.2) is 178 Å². The molecule has 35 heteroatoms. The van der Waals surface area contributed by atoms with Crippen molar-refractivity contribution in [2.24, 2.45) is 0 Å². The number of carbonyl (C=O) groups excluding carboxylic acids is 8. The van der Waals surface area contributed by atoms with Crippen molar-refractivity contribution in [2.75, 3.05) is 135 Å². The van der Waals surface area contributed by atoms with Gasteiger partial charge >= 0.3 is 0 Å². The average Bonchev–Trinajstić information content (AvgIpc) is 1.79. The number of hydrogen-bond acceptors (Lipinski definition) is 19. The molecule has 3 saturated heterocycles. The Morgan fingerprint density at radius 3 is 0.874 bits per heavy atom. The van der Waals surface area contributed by atoms with E-state index < -0.39 is 102 Å². The van der Waals surface area contributed by atoms with Crippen LogP contribution < -0.4 is 31.9 Å². The van der Waals surface area contributed by atoms with Crippen molar-refractivity contribution in [1.29, 1.82) is 0 Å². The number of rotatable bonds is 46. The second kappa shape index (κ2) is 51.7. The number of nitrogens with one attached hydrogen (secondary N) is 6. The minimum atomic E-state index is -4.03. The van der Waals surface area contributed by atoms with Crippen molar-refractivity contribution in [3.63, 3.8) is 0 Å². The van der Waals surface area contributed by atoms with Gasteiger partial charge < -0.3 is 46.6 Å². The highest BCUT2D eigenvalue weighted by Gasteiger charge is 2.42. The first-order chi connectivity index (χ1) is 60.4. The molecular weight excluding hydrogens is 1690 g/mol. The molecule has 0 unspecified atom stereocenters. The summed E-state index contributed by atoms with van der Waals surface area (Å²) in [5, 5.41) is 17.4. The first kappa shape index (κ1) is 105. The molecule has 3 aliphatic heterocycles. The molecule has 0 spiro atoms. The van der Waals surface area contributed by atoms with E-state index in [1.165, 1.54) is 49.3 Å². The maximum absolute atomic E-state index is 14.0. The molecule has 0 bridgehead atoms. The third-order valence-corrected chi connectivity index (χ3v) is 29.1. The summed E-state index contributed by atoms with van der Waals surface area (Å²) >= 11 is 0. The van der Waals surface area contributed by atoms with Gasteiger partial charge in [-0.3, -0.25) is 53.1 Å². The van der Waals surface area contributed by atoms with Crippen molar-refractivity contribution in [2.45, 2.75) is 193 Å². The van der Waals surface area contributed by atoms with Gasteiger partial charge in [-0.2, -0.15) is 12.9 Å². The number of amides is 7. The number of benzene rings is 6. The number of Topliss-reactive ketones (excluding diaryl/α,β-unsaturated/α-hetero) is 1. The summed E-state index contributed by atoms with van der Waals surface area (Å²) < 4.78 is 128. The molecule has 29 nitrogen and oxygen atoms in total. The van der Waals surface area contributed by atoms with E-state index in [9.17, 15) is 76.8 Å². The van der Waals surface area contributed by atoms with E-state index in [0.29, 0.717) is 110 Å². The molecule has 3 fully saturated rings. The zero-order valence-electron chi connectivity index (χ0n) is 75.5. The molecular formula is C92H132F3N15O14S3. The molecule has 9 atom stereocenters. The fraction of sp³-hybridized carbons (Fsp3) is 0.522. The summed E-state index contributed by atoms with van der Waals surface area (Å²) in [4.78, 5) is 114. The van der Waals surface area contributed by atoms with E-state index in [0.717, 1.165) is 72.9 Å². The van der Waals surface area contributed by atoms with Crippen LogP contribution in [0.4, 0.5) is 13.2 Å². The Balaban J connectivity index is 0.000000262. The lowest BCUT2D eigenvalue weighted by molar-refractivity contribution is -0.138. The Bertz CT molecular complexity index is 4640. The first-order valence-electron chi connectivity index (χ1n) is 43.7. The van der Waals surface area contributed by atoms with Crippen LogP contribution >= 0.6 is 0 Å². The maximum atomic E-state index is 14.0. The van der Waals surface area contributed by atoms with Crippen LogP contribution in [-0.4, -0.2) is 304 Å². The topological polar surface area (TPSA) is 340 Å². The molecule has 0 radical (unpaired) electrons. The summed E-state index contributed by atoms with van der Waals surface area (Å²) in [6.07, 6.45) is 8.30. The molecule has 6 aromatic rings. The summed E-state index contributed by atoms with van der Waals surface area (Å²) in [7, 11) is 2.47. The van der Waals surface area contributed by atoms with Crippen LogP contribution in [-0.2, 0) is 87.7 Å². The van der Waals surface area contributed by atoms with Crippen LogP contribution in [0.1, 0.15) is 121 Å². The van der Waals surface area contributed by atoms with Gasteiger partial charge in [0.05, 0.1) is 32.8 Å². The van der Waals surface area contributed by atoms with E-state index in [1.807, 2.05) is 133 Å². The minimum Gasteiger partial charge on any atom is -0.350 e. The molecule has 7 amide bonds. The second-order valence-electron chi connectivity index (χ2n) is 33.2. The molecule has 0 aliphatic carbocycles. The van der Waals surface area contributed by atoms with Crippen molar-refractivity contribution in [3.05, 3.63) is 198 Å². The Hall–Kier alpha value is -9.40. The Morgan fingerprint density at radius 1 is 0.386 bits per heavy atom. The largest absolute Gasteiger partial charge is 0.350 e. The lowest BCUT2D eigenvalue weighted by Crippen LogP contribution is -2.55. The number of nitrogens with zero attached hydrogens (tertiary/aromatic N) is 9. The molecule has 6 N–H and O–H groups in total. The van der Waals surface area contributed by atoms with Gasteiger partial charge in [-0.1, -0.05) is 91.0 Å². The predicted molar refractivity (Wildman–Crippen MR) is 485 cm³/mol. The standard InChI is InChI=1S/C32H44FN5O6S.2C30H44FN5O4S/c1-23(36(3)4)30(40)35-29(13-8-19-34-31(41)24(2)39)32(42)38-20-9-12-27(38)22-37(21-18-25-10-6-5-7-11-25)45(43,44)28-16-14-26(33)15-17-28;2*1-23(34(3)4)29(37)33-28(13-8-19-32-2)30(38)36-20-9-12-26(36)22-35(21-18-24-10-6-5-7-11-24)41(39,40)27-16-14-25(31)15-17-27/h5-7,10-11,14-17,23,27,29H,8-9,12-13,18-22H2,1-4H3,(H,34,41)(H,35,40);2*5-7,10-11,14-17,23,26,28,32H,8-9,12-13,18-22H2,1-4H3,(H,33,37)/t23-,27-,29-;2*23-,26-,28-/m000/s1. The fourth-order valence-electron chi connectivity index (χ4n) is 15.1. The molecule has 127 heavy (non-hydrogen) atoms. The third-order valence-electron chi connectivity index (χ3n) is 23.5. The van der Waals surface area contributed by atoms with E-state index in [-0.39, 0.29) is 114 Å². The monoisotopic (exact) mass is 1820 g/mol. The van der Waals surface area contributed by atoms with E-state index >= 15 is 0 Å². The predicted octanol–water partition coefficient (Wildman–Crippen LogP) is 6.94. The highest BCUT2D eigenvalue weighted by Crippen LogP contribution is 2.30. The van der Waals surface area contributed by atoms with Gasteiger partial charge in [0.25, 0.3) is 5.91 Å². The van der Waals surface area contributed by atoms with Crippen LogP contribution in [0.25, 0.3) is 0 Å². The van der Waals surface area contributed by atoms with Crippen LogP contribution in [0.2, 0.25) is 0 Å². The summed E-state index contributed by atoms with van der Waals surface area (Å²) in [5.41, 5.74) is 2.94. The summed E-state index contributed by atoms with van der Waals surface area (Å²) in [6.45, 7) is 10.2. The van der Waals surface area contributed by atoms with E-state index in [2.05, 4.69) is 31.9 Å². The number of halogens is 3. The fourth-order valence-corrected chi connectivity index (χ4v) is 19.5. The Labute approximate surface area is 749 Å². The second-order valence-corrected chi connectivity index (χ2v) is 39.0. The first-order valence-corrected chi connectivity index (χ1v) is 48.0. The van der Waals surface area contributed by atoms with Crippen LogP contribution in [0, 0.1) is 17.5 Å². The lowest BCUT2D eigenvalue weighted by atomic mass is 10.1. The van der Waals surface area contributed by atoms with Gasteiger partial charge in [-0.25, -0.2) is 38.4 Å². The number of likely N-dealkylation sites (N-methyl/N-ethyl adjacent to an activating group) is 3. The minimum absolute atomic E-state index is 0.0118. The van der Waals surface area contributed by atoms with E-state index in [1.54, 1.807) is 64.3 Å².